The van der Waals surface area contributed by atoms with Crippen molar-refractivity contribution in [3.63, 3.8) is 0 Å². The van der Waals surface area contributed by atoms with Gasteiger partial charge in [0.25, 0.3) is 5.91 Å². The molecule has 0 saturated carbocycles. The molecule has 1 aromatic rings. The van der Waals surface area contributed by atoms with Gasteiger partial charge in [-0.25, -0.2) is 0 Å². The smallest absolute Gasteiger partial charge is 0.261 e. The van der Waals surface area contributed by atoms with Gasteiger partial charge < -0.3 is 5.32 Å². The monoisotopic (exact) mass is 394 g/mol. The molecule has 3 nitrogen and oxygen atoms in total. The highest BCUT2D eigenvalue weighted by atomic mass is 79.9. The summed E-state index contributed by atoms with van der Waals surface area (Å²) in [6.45, 7) is 5.21. The fraction of sp³-hybridized carbons (Fsp3) is 0.583. The van der Waals surface area contributed by atoms with Crippen LogP contribution in [0.1, 0.15) is 29.4 Å². The molecule has 1 N–H and O–H groups in total. The van der Waals surface area contributed by atoms with Crippen LogP contribution in [0.4, 0.5) is 0 Å². The maximum Gasteiger partial charge on any atom is 0.261 e. The van der Waals surface area contributed by atoms with Crippen molar-refractivity contribution in [3.8, 4) is 0 Å². The lowest BCUT2D eigenvalue weighted by Crippen LogP contribution is -2.40. The summed E-state index contributed by atoms with van der Waals surface area (Å²) in [4.78, 5) is 15.1. The van der Waals surface area contributed by atoms with Crippen molar-refractivity contribution in [1.82, 2.24) is 10.2 Å². The Morgan fingerprint density at radius 1 is 1.50 bits per heavy atom. The van der Waals surface area contributed by atoms with E-state index in [9.17, 15) is 4.79 Å². The standard InChI is InChI=1S/C12H16Br2N2OS/c1-8(16-4-2-3-5-16)7-15-12(17)10-6-9(13)11(14)18-10/h6,8H,2-5,7H2,1H3,(H,15,17)/t8-/m1/s1. The van der Waals surface area contributed by atoms with Crippen molar-refractivity contribution in [3.05, 3.63) is 19.2 Å². The van der Waals surface area contributed by atoms with E-state index in [0.29, 0.717) is 12.6 Å². The summed E-state index contributed by atoms with van der Waals surface area (Å²) in [6.07, 6.45) is 2.56. The number of nitrogens with one attached hydrogen (secondary N) is 1. The zero-order chi connectivity index (χ0) is 13.1. The third-order valence-electron chi connectivity index (χ3n) is 3.19. The van der Waals surface area contributed by atoms with E-state index in [-0.39, 0.29) is 5.91 Å². The maximum atomic E-state index is 12.0. The number of halogens is 2. The topological polar surface area (TPSA) is 32.3 Å². The normalized spacial score (nSPS) is 17.9. The Morgan fingerprint density at radius 3 is 2.72 bits per heavy atom. The average Bonchev–Trinajstić information content (AvgIpc) is 2.97. The first-order valence-electron chi connectivity index (χ1n) is 6.05. The maximum absolute atomic E-state index is 12.0. The van der Waals surface area contributed by atoms with Crippen LogP contribution in [0.25, 0.3) is 0 Å². The third-order valence-corrected chi connectivity index (χ3v) is 6.45. The molecule has 1 aromatic heterocycles. The molecule has 1 amide bonds. The van der Waals surface area contributed by atoms with Crippen molar-refractivity contribution >= 4 is 49.1 Å². The summed E-state index contributed by atoms with van der Waals surface area (Å²) in [5.74, 6) is 0.0115. The van der Waals surface area contributed by atoms with Gasteiger partial charge >= 0.3 is 0 Å². The SMILES string of the molecule is C[C@H](CNC(=O)c1cc(Br)c(Br)s1)N1CCCC1. The number of nitrogens with zero attached hydrogens (tertiary/aromatic N) is 1. The lowest BCUT2D eigenvalue weighted by molar-refractivity contribution is 0.0944. The molecule has 2 rings (SSSR count). The molecule has 100 valence electrons. The fourth-order valence-electron chi connectivity index (χ4n) is 2.10. The summed E-state index contributed by atoms with van der Waals surface area (Å²) >= 11 is 8.25. The summed E-state index contributed by atoms with van der Waals surface area (Å²) in [7, 11) is 0. The number of carbonyl (C=O) groups excluding carboxylic acids is 1. The molecule has 0 bridgehead atoms. The highest BCUT2D eigenvalue weighted by Gasteiger charge is 2.19. The molecule has 1 atom stereocenters. The minimum absolute atomic E-state index is 0.0115. The highest BCUT2D eigenvalue weighted by Crippen LogP contribution is 2.32. The molecular weight excluding hydrogens is 380 g/mol. The average molecular weight is 396 g/mol. The first-order chi connectivity index (χ1) is 8.58. The van der Waals surface area contributed by atoms with E-state index >= 15 is 0 Å². The Kier molecular flexibility index (Phi) is 5.24. The molecule has 1 aliphatic heterocycles. The summed E-state index contributed by atoms with van der Waals surface area (Å²) in [5, 5.41) is 3.00. The Labute approximate surface area is 128 Å². The minimum Gasteiger partial charge on any atom is -0.350 e. The first-order valence-corrected chi connectivity index (χ1v) is 8.45. The molecule has 0 spiro atoms. The molecule has 0 unspecified atom stereocenters. The van der Waals surface area contributed by atoms with E-state index in [0.717, 1.165) is 26.2 Å². The van der Waals surface area contributed by atoms with Crippen molar-refractivity contribution in [2.45, 2.75) is 25.8 Å². The molecule has 0 aromatic carbocycles. The van der Waals surface area contributed by atoms with Crippen molar-refractivity contribution in [2.24, 2.45) is 0 Å². The summed E-state index contributed by atoms with van der Waals surface area (Å²) < 4.78 is 1.89. The number of hydrogen-bond acceptors (Lipinski definition) is 3. The van der Waals surface area contributed by atoms with Gasteiger partial charge in [-0.1, -0.05) is 0 Å². The molecule has 6 heteroatoms. The van der Waals surface area contributed by atoms with Crippen LogP contribution in [0, 0.1) is 0 Å². The van der Waals surface area contributed by atoms with Gasteiger partial charge in [0.15, 0.2) is 0 Å². The Balaban J connectivity index is 1.84. The lowest BCUT2D eigenvalue weighted by atomic mass is 10.3. The van der Waals surface area contributed by atoms with Gasteiger partial charge in [0, 0.05) is 17.1 Å². The van der Waals surface area contributed by atoms with Gasteiger partial charge in [-0.15, -0.1) is 11.3 Å². The third kappa shape index (κ3) is 3.56. The van der Waals surface area contributed by atoms with Gasteiger partial charge in [0.1, 0.15) is 0 Å². The van der Waals surface area contributed by atoms with Crippen molar-refractivity contribution < 1.29 is 4.79 Å². The van der Waals surface area contributed by atoms with Crippen LogP contribution in [0.15, 0.2) is 14.3 Å². The van der Waals surface area contributed by atoms with E-state index in [1.165, 1.54) is 24.2 Å². The van der Waals surface area contributed by atoms with Crippen LogP contribution in [-0.4, -0.2) is 36.5 Å². The molecule has 0 radical (unpaired) electrons. The second kappa shape index (κ2) is 6.50. The van der Waals surface area contributed by atoms with Crippen molar-refractivity contribution in [1.29, 1.82) is 0 Å². The van der Waals surface area contributed by atoms with Crippen LogP contribution in [0.2, 0.25) is 0 Å². The number of thiophene rings is 1. The van der Waals surface area contributed by atoms with E-state index < -0.39 is 0 Å². The van der Waals surface area contributed by atoms with E-state index in [1.54, 1.807) is 0 Å². The number of rotatable bonds is 4. The largest absolute Gasteiger partial charge is 0.350 e. The van der Waals surface area contributed by atoms with Gasteiger partial charge in [0.05, 0.1) is 8.66 Å². The predicted octanol–water partition coefficient (Wildman–Crippen LogP) is 3.49. The summed E-state index contributed by atoms with van der Waals surface area (Å²) in [5.41, 5.74) is 0. The Bertz CT molecular complexity index is 410. The number of likely N-dealkylation sites (tertiary alicyclic amines) is 1. The van der Waals surface area contributed by atoms with Crippen LogP contribution in [-0.2, 0) is 0 Å². The van der Waals surface area contributed by atoms with Crippen molar-refractivity contribution in [2.75, 3.05) is 19.6 Å². The second-order valence-electron chi connectivity index (χ2n) is 4.53. The molecular formula is C12H16Br2N2OS. The Morgan fingerprint density at radius 2 is 2.17 bits per heavy atom. The Hall–Kier alpha value is 0.0900. The zero-order valence-electron chi connectivity index (χ0n) is 10.2. The quantitative estimate of drug-likeness (QED) is 0.846. The van der Waals surface area contributed by atoms with Gasteiger partial charge in [0.2, 0.25) is 0 Å². The van der Waals surface area contributed by atoms with Gasteiger partial charge in [-0.2, -0.15) is 0 Å². The molecule has 2 heterocycles. The van der Waals surface area contributed by atoms with Crippen LogP contribution in [0.3, 0.4) is 0 Å². The van der Waals surface area contributed by atoms with Crippen LogP contribution < -0.4 is 5.32 Å². The number of hydrogen-bond donors (Lipinski definition) is 1. The van der Waals surface area contributed by atoms with E-state index in [4.69, 9.17) is 0 Å². The first kappa shape index (κ1) is 14.5. The molecule has 0 aliphatic carbocycles. The van der Waals surface area contributed by atoms with Crippen LogP contribution >= 0.6 is 43.2 Å². The minimum atomic E-state index is 0.0115. The van der Waals surface area contributed by atoms with Gasteiger partial charge in [-0.3, -0.25) is 9.69 Å². The predicted molar refractivity (Wildman–Crippen MR) is 82.3 cm³/mol. The highest BCUT2D eigenvalue weighted by molar-refractivity contribution is 9.13. The van der Waals surface area contributed by atoms with E-state index in [1.807, 2.05) is 6.07 Å². The van der Waals surface area contributed by atoms with Gasteiger partial charge in [-0.05, 0) is 70.8 Å². The second-order valence-corrected chi connectivity index (χ2v) is 7.76. The molecule has 1 saturated heterocycles. The van der Waals surface area contributed by atoms with Crippen LogP contribution in [0.5, 0.6) is 0 Å². The fourth-order valence-corrected chi connectivity index (χ4v) is 4.05. The zero-order valence-corrected chi connectivity index (χ0v) is 14.2. The number of carbonyl (C=O) groups is 1. The van der Waals surface area contributed by atoms with E-state index in [2.05, 4.69) is 49.0 Å². The number of amides is 1. The molecule has 1 fully saturated rings. The molecule has 1 aliphatic rings. The lowest BCUT2D eigenvalue weighted by Gasteiger charge is -2.23. The molecule has 18 heavy (non-hydrogen) atoms. The summed E-state index contributed by atoms with van der Waals surface area (Å²) in [6, 6.07) is 2.27.